The SMILES string of the molecule is Cn1ccn2c(C(C)(C)n3cccc3)nc(C(C)(C)n3cccc3)c12. The van der Waals surface area contributed by atoms with Gasteiger partial charge < -0.3 is 13.7 Å². The maximum Gasteiger partial charge on any atom is 0.142 e. The van der Waals surface area contributed by atoms with Crippen LogP contribution in [0.25, 0.3) is 5.65 Å². The molecule has 0 saturated carbocycles. The Morgan fingerprint density at radius 2 is 1.24 bits per heavy atom. The van der Waals surface area contributed by atoms with Crippen molar-refractivity contribution in [2.24, 2.45) is 7.05 Å². The average Bonchev–Trinajstić information content (AvgIpc) is 3.34. The van der Waals surface area contributed by atoms with E-state index in [0.29, 0.717) is 0 Å². The molecule has 4 rings (SSSR count). The lowest BCUT2D eigenvalue weighted by Gasteiger charge is -2.27. The predicted octanol–water partition coefficient (Wildman–Crippen LogP) is 3.84. The first kappa shape index (κ1) is 15.8. The molecule has 0 fully saturated rings. The van der Waals surface area contributed by atoms with Crippen LogP contribution in [-0.4, -0.2) is 23.1 Å². The number of hydrogen-bond acceptors (Lipinski definition) is 1. The van der Waals surface area contributed by atoms with Gasteiger partial charge in [-0.25, -0.2) is 4.98 Å². The molecule has 5 heteroatoms. The molecule has 0 unspecified atom stereocenters. The molecule has 0 saturated heterocycles. The summed E-state index contributed by atoms with van der Waals surface area (Å²) in [7, 11) is 2.08. The highest BCUT2D eigenvalue weighted by molar-refractivity contribution is 5.52. The van der Waals surface area contributed by atoms with Gasteiger partial charge in [0.1, 0.15) is 17.2 Å². The van der Waals surface area contributed by atoms with Crippen LogP contribution in [0.2, 0.25) is 0 Å². The molecule has 4 aromatic heterocycles. The van der Waals surface area contributed by atoms with Gasteiger partial charge in [-0.05, 0) is 52.0 Å². The molecule has 0 atom stereocenters. The number of nitrogens with zero attached hydrogens (tertiary/aromatic N) is 5. The molecule has 0 N–H and O–H groups in total. The van der Waals surface area contributed by atoms with Crippen LogP contribution in [0.15, 0.2) is 61.4 Å². The van der Waals surface area contributed by atoms with Gasteiger partial charge in [-0.3, -0.25) is 4.40 Å². The number of fused-ring (bicyclic) bond motifs is 1. The summed E-state index contributed by atoms with van der Waals surface area (Å²) in [4.78, 5) is 5.17. The first-order valence-corrected chi connectivity index (χ1v) is 8.64. The Labute approximate surface area is 148 Å². The molecular weight excluding hydrogens is 310 g/mol. The lowest BCUT2D eigenvalue weighted by molar-refractivity contribution is 0.398. The highest BCUT2D eigenvalue weighted by Gasteiger charge is 2.35. The predicted molar refractivity (Wildman–Crippen MR) is 99.9 cm³/mol. The normalized spacial score (nSPS) is 13.0. The van der Waals surface area contributed by atoms with Crippen molar-refractivity contribution >= 4 is 5.65 Å². The number of aromatic nitrogens is 5. The molecule has 0 radical (unpaired) electrons. The molecule has 0 aliphatic rings. The van der Waals surface area contributed by atoms with Crippen molar-refractivity contribution in [2.75, 3.05) is 0 Å². The Morgan fingerprint density at radius 1 is 0.720 bits per heavy atom. The van der Waals surface area contributed by atoms with Gasteiger partial charge in [0.15, 0.2) is 0 Å². The van der Waals surface area contributed by atoms with E-state index in [1.165, 1.54) is 0 Å². The summed E-state index contributed by atoms with van der Waals surface area (Å²) >= 11 is 0. The Kier molecular flexibility index (Phi) is 3.26. The lowest BCUT2D eigenvalue weighted by Crippen LogP contribution is -2.30. The largest absolute Gasteiger partial charge is 0.343 e. The van der Waals surface area contributed by atoms with Crippen LogP contribution in [0.5, 0.6) is 0 Å². The highest BCUT2D eigenvalue weighted by atomic mass is 15.2. The highest BCUT2D eigenvalue weighted by Crippen LogP contribution is 2.33. The minimum atomic E-state index is -0.251. The molecule has 0 bridgehead atoms. The van der Waals surface area contributed by atoms with Gasteiger partial charge in [-0.15, -0.1) is 0 Å². The number of aryl methyl sites for hydroxylation is 1. The molecule has 0 amide bonds. The first-order valence-electron chi connectivity index (χ1n) is 8.64. The van der Waals surface area contributed by atoms with Gasteiger partial charge in [0.2, 0.25) is 0 Å². The fourth-order valence-electron chi connectivity index (χ4n) is 3.63. The zero-order valence-electron chi connectivity index (χ0n) is 15.5. The molecule has 4 aromatic rings. The van der Waals surface area contributed by atoms with E-state index in [1.807, 2.05) is 0 Å². The molecule has 0 aliphatic carbocycles. The summed E-state index contributed by atoms with van der Waals surface area (Å²) in [5.74, 6) is 1.04. The molecule has 130 valence electrons. The number of rotatable bonds is 4. The maximum atomic E-state index is 5.17. The Balaban J connectivity index is 1.98. The zero-order valence-corrected chi connectivity index (χ0v) is 15.5. The molecule has 4 heterocycles. The summed E-state index contributed by atoms with van der Waals surface area (Å²) in [6, 6.07) is 8.24. The average molecular weight is 335 g/mol. The van der Waals surface area contributed by atoms with Gasteiger partial charge in [-0.2, -0.15) is 0 Å². The van der Waals surface area contributed by atoms with Crippen LogP contribution in [0.1, 0.15) is 39.2 Å². The van der Waals surface area contributed by atoms with Crippen LogP contribution in [0.3, 0.4) is 0 Å². The maximum absolute atomic E-state index is 5.17. The van der Waals surface area contributed by atoms with Crippen LogP contribution in [0, 0.1) is 0 Å². The van der Waals surface area contributed by atoms with E-state index in [2.05, 4.69) is 114 Å². The van der Waals surface area contributed by atoms with Gasteiger partial charge in [0.05, 0.1) is 11.1 Å². The zero-order chi connectivity index (χ0) is 17.8. The molecule has 0 spiro atoms. The minimum Gasteiger partial charge on any atom is -0.343 e. The van der Waals surface area contributed by atoms with Crippen molar-refractivity contribution in [3.8, 4) is 0 Å². The topological polar surface area (TPSA) is 32.1 Å². The Bertz CT molecular complexity index is 994. The monoisotopic (exact) mass is 335 g/mol. The lowest BCUT2D eigenvalue weighted by atomic mass is 10.0. The van der Waals surface area contributed by atoms with E-state index >= 15 is 0 Å². The second-order valence-electron chi connectivity index (χ2n) is 7.69. The summed E-state index contributed by atoms with van der Waals surface area (Å²) in [5.41, 5.74) is 1.71. The molecule has 0 aromatic carbocycles. The molecule has 25 heavy (non-hydrogen) atoms. The van der Waals surface area contributed by atoms with Crippen molar-refractivity contribution in [3.05, 3.63) is 73.0 Å². The summed E-state index contributed by atoms with van der Waals surface area (Å²) in [6.45, 7) is 8.85. The van der Waals surface area contributed by atoms with Gasteiger partial charge in [0, 0.05) is 44.2 Å². The van der Waals surface area contributed by atoms with Crippen molar-refractivity contribution < 1.29 is 0 Å². The third-order valence-corrected chi connectivity index (χ3v) is 5.29. The van der Waals surface area contributed by atoms with E-state index in [4.69, 9.17) is 4.98 Å². The first-order chi connectivity index (χ1) is 11.8. The van der Waals surface area contributed by atoms with Crippen molar-refractivity contribution in [2.45, 2.75) is 38.8 Å². The van der Waals surface area contributed by atoms with E-state index in [-0.39, 0.29) is 11.1 Å². The van der Waals surface area contributed by atoms with Crippen LogP contribution in [0.4, 0.5) is 0 Å². The second kappa shape index (κ2) is 5.15. The number of hydrogen-bond donors (Lipinski definition) is 0. The Morgan fingerprint density at radius 3 is 1.80 bits per heavy atom. The molecular formula is C20H25N5. The Hall–Kier alpha value is -2.69. The van der Waals surface area contributed by atoms with Crippen molar-refractivity contribution in [3.63, 3.8) is 0 Å². The van der Waals surface area contributed by atoms with Crippen LogP contribution in [-0.2, 0) is 18.1 Å². The quantitative estimate of drug-likeness (QED) is 0.557. The van der Waals surface area contributed by atoms with Crippen LogP contribution >= 0.6 is 0 Å². The van der Waals surface area contributed by atoms with Crippen molar-refractivity contribution in [1.82, 2.24) is 23.1 Å². The fraction of sp³-hybridized carbons (Fsp3) is 0.350. The van der Waals surface area contributed by atoms with Crippen LogP contribution < -0.4 is 0 Å². The van der Waals surface area contributed by atoms with Crippen molar-refractivity contribution in [1.29, 1.82) is 0 Å². The smallest absolute Gasteiger partial charge is 0.142 e. The standard InChI is InChI=1S/C20H25N5/c1-19(2,23-10-6-7-11-23)16-17-22(5)14-15-25(17)18(21-16)20(3,4)24-12-8-9-13-24/h6-15H,1-5H3. The van der Waals surface area contributed by atoms with E-state index in [0.717, 1.165) is 17.2 Å². The molecule has 0 aliphatic heterocycles. The third kappa shape index (κ3) is 2.18. The minimum absolute atomic E-state index is 0.244. The summed E-state index contributed by atoms with van der Waals surface area (Å²) in [6.07, 6.45) is 12.6. The van der Waals surface area contributed by atoms with Gasteiger partial charge in [-0.1, -0.05) is 0 Å². The molecule has 5 nitrogen and oxygen atoms in total. The van der Waals surface area contributed by atoms with Gasteiger partial charge in [0.25, 0.3) is 0 Å². The van der Waals surface area contributed by atoms with E-state index in [9.17, 15) is 0 Å². The third-order valence-electron chi connectivity index (χ3n) is 5.29. The summed E-state index contributed by atoms with van der Waals surface area (Å²) in [5, 5.41) is 0. The van der Waals surface area contributed by atoms with E-state index < -0.39 is 0 Å². The number of imidazole rings is 2. The van der Waals surface area contributed by atoms with Gasteiger partial charge >= 0.3 is 0 Å². The second-order valence-corrected chi connectivity index (χ2v) is 7.69. The summed E-state index contributed by atoms with van der Waals surface area (Å²) < 4.78 is 8.80. The van der Waals surface area contributed by atoms with E-state index in [1.54, 1.807) is 0 Å². The fourth-order valence-corrected chi connectivity index (χ4v) is 3.63.